The van der Waals surface area contributed by atoms with Crippen LogP contribution in [-0.2, 0) is 0 Å². The van der Waals surface area contributed by atoms with Gasteiger partial charge in [-0.15, -0.1) is 11.3 Å². The summed E-state index contributed by atoms with van der Waals surface area (Å²) in [5, 5.41) is 6.87. The van der Waals surface area contributed by atoms with E-state index >= 15 is 0 Å². The molecule has 2 heterocycles. The Hall–Kier alpha value is -3.91. The summed E-state index contributed by atoms with van der Waals surface area (Å²) in [6.07, 6.45) is 3.04. The number of hydrogen-bond donors (Lipinski definition) is 1. The van der Waals surface area contributed by atoms with Crippen LogP contribution in [0.1, 0.15) is 16.1 Å². The van der Waals surface area contributed by atoms with Crippen LogP contribution in [0, 0.1) is 0 Å². The van der Waals surface area contributed by atoms with E-state index in [4.69, 9.17) is 13.9 Å². The number of nitrogens with zero attached hydrogens (tertiary/aromatic N) is 2. The number of furan rings is 1. The van der Waals surface area contributed by atoms with Gasteiger partial charge in [-0.3, -0.25) is 5.43 Å². The molecular weight excluding hydrogens is 402 g/mol. The molecule has 0 aliphatic rings. The van der Waals surface area contributed by atoms with Crippen molar-refractivity contribution in [3.8, 4) is 22.8 Å². The number of aromatic nitrogens is 1. The largest absolute Gasteiger partial charge is 0.493 e. The maximum atomic E-state index is 12.0. The summed E-state index contributed by atoms with van der Waals surface area (Å²) in [4.78, 5) is 16.6. The second-order valence-corrected chi connectivity index (χ2v) is 6.91. The minimum Gasteiger partial charge on any atom is -0.493 e. The third-order valence-electron chi connectivity index (χ3n) is 4.06. The first-order valence-electron chi connectivity index (χ1n) is 8.96. The standard InChI is InChI=1S/C22H17N3O4S/c1-27-20-12-15(9-10-18(20)29-21(26)19-8-5-11-28-19)13-23-25-22-24-17(14-30-22)16-6-3-2-4-7-16/h2-14H,1H3,(H,24,25)/b23-13-. The Kier molecular flexibility index (Phi) is 5.86. The molecule has 1 N–H and O–H groups in total. The second kappa shape index (κ2) is 9.06. The summed E-state index contributed by atoms with van der Waals surface area (Å²) in [7, 11) is 1.50. The van der Waals surface area contributed by atoms with Crippen LogP contribution >= 0.6 is 11.3 Å². The Balaban J connectivity index is 1.41. The Morgan fingerprint density at radius 1 is 1.13 bits per heavy atom. The molecule has 0 saturated carbocycles. The van der Waals surface area contributed by atoms with E-state index in [-0.39, 0.29) is 11.5 Å². The normalized spacial score (nSPS) is 10.8. The SMILES string of the molecule is COc1cc(/C=N\Nc2nc(-c3ccccc3)cs2)ccc1OC(=O)c1ccco1. The maximum Gasteiger partial charge on any atom is 0.379 e. The molecule has 0 aliphatic carbocycles. The number of ether oxygens (including phenoxy) is 2. The zero-order chi connectivity index (χ0) is 20.8. The zero-order valence-electron chi connectivity index (χ0n) is 15.9. The quantitative estimate of drug-likeness (QED) is 0.195. The van der Waals surface area contributed by atoms with Crippen molar-refractivity contribution in [3.05, 3.63) is 83.6 Å². The van der Waals surface area contributed by atoms with Crippen LogP contribution in [0.4, 0.5) is 5.13 Å². The van der Waals surface area contributed by atoms with Gasteiger partial charge in [-0.2, -0.15) is 5.10 Å². The van der Waals surface area contributed by atoms with Crippen LogP contribution in [0.15, 0.2) is 81.8 Å². The highest BCUT2D eigenvalue weighted by molar-refractivity contribution is 7.14. The molecule has 2 aromatic carbocycles. The third-order valence-corrected chi connectivity index (χ3v) is 4.81. The molecule has 0 amide bonds. The fraction of sp³-hybridized carbons (Fsp3) is 0.0455. The first-order valence-corrected chi connectivity index (χ1v) is 9.84. The number of esters is 1. The number of hydrazone groups is 1. The molecule has 4 rings (SSSR count). The summed E-state index contributed by atoms with van der Waals surface area (Å²) in [6.45, 7) is 0. The number of hydrogen-bond acceptors (Lipinski definition) is 8. The first-order chi connectivity index (χ1) is 14.7. The number of rotatable bonds is 7. The molecule has 2 aromatic heterocycles. The fourth-order valence-corrected chi connectivity index (χ4v) is 3.29. The Morgan fingerprint density at radius 3 is 2.77 bits per heavy atom. The average molecular weight is 419 g/mol. The molecule has 0 saturated heterocycles. The highest BCUT2D eigenvalue weighted by Crippen LogP contribution is 2.29. The van der Waals surface area contributed by atoms with Crippen molar-refractivity contribution < 1.29 is 18.7 Å². The fourth-order valence-electron chi connectivity index (χ4n) is 2.62. The van der Waals surface area contributed by atoms with E-state index in [2.05, 4.69) is 15.5 Å². The first kappa shape index (κ1) is 19.4. The molecular formula is C22H17N3O4S. The van der Waals surface area contributed by atoms with Gasteiger partial charge in [0.1, 0.15) is 0 Å². The van der Waals surface area contributed by atoms with Gasteiger partial charge < -0.3 is 13.9 Å². The molecule has 150 valence electrons. The van der Waals surface area contributed by atoms with E-state index in [0.717, 1.165) is 16.8 Å². The smallest absolute Gasteiger partial charge is 0.379 e. The van der Waals surface area contributed by atoms with Crippen LogP contribution in [-0.4, -0.2) is 24.3 Å². The number of nitrogens with one attached hydrogen (secondary N) is 1. The number of carbonyl (C=O) groups excluding carboxylic acids is 1. The monoisotopic (exact) mass is 419 g/mol. The van der Waals surface area contributed by atoms with Crippen LogP contribution < -0.4 is 14.9 Å². The van der Waals surface area contributed by atoms with Crippen molar-refractivity contribution in [3.63, 3.8) is 0 Å². The van der Waals surface area contributed by atoms with Gasteiger partial charge in [0.15, 0.2) is 11.5 Å². The molecule has 0 unspecified atom stereocenters. The highest BCUT2D eigenvalue weighted by Gasteiger charge is 2.14. The second-order valence-electron chi connectivity index (χ2n) is 6.05. The van der Waals surface area contributed by atoms with Gasteiger partial charge in [-0.1, -0.05) is 30.3 Å². The molecule has 0 spiro atoms. The minimum atomic E-state index is -0.598. The van der Waals surface area contributed by atoms with Crippen molar-refractivity contribution in [1.82, 2.24) is 4.98 Å². The molecule has 0 atom stereocenters. The minimum absolute atomic E-state index is 0.116. The summed E-state index contributed by atoms with van der Waals surface area (Å²) >= 11 is 1.47. The van der Waals surface area contributed by atoms with Gasteiger partial charge >= 0.3 is 5.97 Å². The summed E-state index contributed by atoms with van der Waals surface area (Å²) in [6, 6.07) is 18.2. The summed E-state index contributed by atoms with van der Waals surface area (Å²) in [5.74, 6) is 0.209. The van der Waals surface area contributed by atoms with Crippen molar-refractivity contribution in [2.45, 2.75) is 0 Å². The molecule has 8 heteroatoms. The predicted octanol–water partition coefficient (Wildman–Crippen LogP) is 5.08. The van der Waals surface area contributed by atoms with Crippen molar-refractivity contribution in [2.24, 2.45) is 5.10 Å². The van der Waals surface area contributed by atoms with Crippen molar-refractivity contribution >= 4 is 28.7 Å². The predicted molar refractivity (Wildman–Crippen MR) is 115 cm³/mol. The lowest BCUT2D eigenvalue weighted by molar-refractivity contribution is 0.0696. The topological polar surface area (TPSA) is 86.0 Å². The molecule has 0 bridgehead atoms. The van der Waals surface area contributed by atoms with E-state index in [0.29, 0.717) is 10.9 Å². The van der Waals surface area contributed by atoms with Crippen molar-refractivity contribution in [1.29, 1.82) is 0 Å². The third kappa shape index (κ3) is 4.56. The van der Waals surface area contributed by atoms with E-state index < -0.39 is 5.97 Å². The molecule has 0 fully saturated rings. The van der Waals surface area contributed by atoms with E-state index in [1.807, 2.05) is 35.7 Å². The van der Waals surface area contributed by atoms with Gasteiger partial charge in [0.25, 0.3) is 0 Å². The summed E-state index contributed by atoms with van der Waals surface area (Å²) < 4.78 is 15.7. The number of benzene rings is 2. The van der Waals surface area contributed by atoms with Crippen LogP contribution in [0.2, 0.25) is 0 Å². The Morgan fingerprint density at radius 2 is 2.00 bits per heavy atom. The Labute approximate surface area is 176 Å². The summed E-state index contributed by atoms with van der Waals surface area (Å²) in [5.41, 5.74) is 5.63. The number of methoxy groups -OCH3 is 1. The molecule has 30 heavy (non-hydrogen) atoms. The van der Waals surface area contributed by atoms with Gasteiger partial charge in [-0.25, -0.2) is 9.78 Å². The van der Waals surface area contributed by atoms with E-state index in [9.17, 15) is 4.79 Å². The lowest BCUT2D eigenvalue weighted by atomic mass is 10.2. The number of carbonyl (C=O) groups is 1. The zero-order valence-corrected chi connectivity index (χ0v) is 16.8. The van der Waals surface area contributed by atoms with Crippen molar-refractivity contribution in [2.75, 3.05) is 12.5 Å². The van der Waals surface area contributed by atoms with Gasteiger partial charge in [-0.05, 0) is 35.9 Å². The Bertz CT molecular complexity index is 1150. The highest BCUT2D eigenvalue weighted by atomic mass is 32.1. The van der Waals surface area contributed by atoms with Crippen LogP contribution in [0.5, 0.6) is 11.5 Å². The lowest BCUT2D eigenvalue weighted by Crippen LogP contribution is -2.08. The number of anilines is 1. The molecule has 4 aromatic rings. The van der Waals surface area contributed by atoms with Crippen LogP contribution in [0.3, 0.4) is 0 Å². The lowest BCUT2D eigenvalue weighted by Gasteiger charge is -2.08. The number of thiazole rings is 1. The van der Waals surface area contributed by atoms with E-state index in [1.54, 1.807) is 30.5 Å². The molecule has 0 aliphatic heterocycles. The van der Waals surface area contributed by atoms with E-state index in [1.165, 1.54) is 30.8 Å². The molecule has 0 radical (unpaired) electrons. The van der Waals surface area contributed by atoms with Gasteiger partial charge in [0, 0.05) is 10.9 Å². The average Bonchev–Trinajstić information content (AvgIpc) is 3.48. The van der Waals surface area contributed by atoms with Crippen LogP contribution in [0.25, 0.3) is 11.3 Å². The van der Waals surface area contributed by atoms with Gasteiger partial charge in [0.05, 0.1) is 25.3 Å². The molecule has 7 nitrogen and oxygen atoms in total. The van der Waals surface area contributed by atoms with Gasteiger partial charge in [0.2, 0.25) is 10.9 Å². The maximum absolute atomic E-state index is 12.0.